The van der Waals surface area contributed by atoms with E-state index < -0.39 is 5.41 Å². The van der Waals surface area contributed by atoms with Gasteiger partial charge in [0.2, 0.25) is 5.91 Å². The number of rotatable bonds is 4. The lowest BCUT2D eigenvalue weighted by Crippen LogP contribution is -2.38. The number of hydrogen-bond acceptors (Lipinski definition) is 3. The highest BCUT2D eigenvalue weighted by Gasteiger charge is 2.32. The molecule has 1 aliphatic heterocycles. The molecule has 0 radical (unpaired) electrons. The first-order chi connectivity index (χ1) is 14.8. The molecule has 0 saturated carbocycles. The van der Waals surface area contributed by atoms with Crippen LogP contribution in [-0.4, -0.2) is 25.0 Å². The summed E-state index contributed by atoms with van der Waals surface area (Å²) in [5, 5.41) is 4.87. The molecule has 0 bridgehead atoms. The van der Waals surface area contributed by atoms with Gasteiger partial charge in [-0.1, -0.05) is 51.1 Å². The van der Waals surface area contributed by atoms with Gasteiger partial charge >= 0.3 is 0 Å². The van der Waals surface area contributed by atoms with E-state index in [0.29, 0.717) is 30.2 Å². The summed E-state index contributed by atoms with van der Waals surface area (Å²) < 4.78 is 5.75. The summed E-state index contributed by atoms with van der Waals surface area (Å²) in [6, 6.07) is 17.4. The number of carbonyl (C=O) groups is 2. The number of carbonyl (C=O) groups excluding carboxylic acids is 2. The third-order valence-corrected chi connectivity index (χ3v) is 5.54. The van der Waals surface area contributed by atoms with E-state index in [2.05, 4.69) is 5.32 Å². The van der Waals surface area contributed by atoms with Gasteiger partial charge < -0.3 is 15.0 Å². The Hall–Kier alpha value is -3.34. The fraction of sp³-hybridized carbons (Fsp3) is 0.308. The van der Waals surface area contributed by atoms with Crippen molar-refractivity contribution in [3.8, 4) is 5.75 Å². The van der Waals surface area contributed by atoms with Crippen LogP contribution in [0.1, 0.15) is 43.6 Å². The molecular formula is C26H28N2O3. The molecule has 5 nitrogen and oxygen atoms in total. The maximum Gasteiger partial charge on any atom is 0.260 e. The minimum absolute atomic E-state index is 0.111. The highest BCUT2D eigenvalue weighted by molar-refractivity contribution is 6.15. The summed E-state index contributed by atoms with van der Waals surface area (Å²) in [4.78, 5) is 27.9. The molecule has 5 heteroatoms. The molecule has 0 fully saturated rings. The van der Waals surface area contributed by atoms with Crippen molar-refractivity contribution < 1.29 is 14.3 Å². The lowest BCUT2D eigenvalue weighted by molar-refractivity contribution is -0.125. The van der Waals surface area contributed by atoms with Crippen molar-refractivity contribution in [3.63, 3.8) is 0 Å². The molecule has 1 aliphatic rings. The van der Waals surface area contributed by atoms with Crippen LogP contribution < -0.4 is 15.0 Å². The predicted molar refractivity (Wildman–Crippen MR) is 125 cm³/mol. The SMILES string of the molecule is CCOc1ccc2ccccc2c1C(=O)Nc1ccc2c(c1)CCN2C(=O)C(C)(C)C. The van der Waals surface area contributed by atoms with Crippen molar-refractivity contribution in [2.75, 3.05) is 23.4 Å². The van der Waals surface area contributed by atoms with Gasteiger partial charge in [-0.2, -0.15) is 0 Å². The van der Waals surface area contributed by atoms with Crippen molar-refractivity contribution in [2.45, 2.75) is 34.1 Å². The van der Waals surface area contributed by atoms with Crippen LogP contribution in [0.5, 0.6) is 5.75 Å². The topological polar surface area (TPSA) is 58.6 Å². The number of nitrogens with zero attached hydrogens (tertiary/aromatic N) is 1. The van der Waals surface area contributed by atoms with Gasteiger partial charge in [0.25, 0.3) is 5.91 Å². The zero-order chi connectivity index (χ0) is 22.2. The van der Waals surface area contributed by atoms with E-state index in [1.165, 1.54) is 0 Å². The predicted octanol–water partition coefficient (Wildman–Crippen LogP) is 5.43. The van der Waals surface area contributed by atoms with Crippen LogP contribution >= 0.6 is 0 Å². The second-order valence-electron chi connectivity index (χ2n) is 8.85. The number of benzene rings is 3. The van der Waals surface area contributed by atoms with Crippen molar-refractivity contribution in [3.05, 3.63) is 65.7 Å². The molecule has 160 valence electrons. The number of anilines is 2. The van der Waals surface area contributed by atoms with Crippen molar-refractivity contribution in [2.24, 2.45) is 5.41 Å². The molecule has 0 saturated heterocycles. The molecule has 3 aromatic rings. The molecule has 1 N–H and O–H groups in total. The van der Waals surface area contributed by atoms with E-state index in [-0.39, 0.29) is 11.8 Å². The van der Waals surface area contributed by atoms with Crippen LogP contribution in [-0.2, 0) is 11.2 Å². The van der Waals surface area contributed by atoms with E-state index in [0.717, 1.165) is 28.4 Å². The molecule has 0 aliphatic carbocycles. The Kier molecular flexibility index (Phi) is 5.44. The van der Waals surface area contributed by atoms with Crippen LogP contribution in [0, 0.1) is 5.41 Å². The fourth-order valence-electron chi connectivity index (χ4n) is 4.05. The zero-order valence-electron chi connectivity index (χ0n) is 18.5. The lowest BCUT2D eigenvalue weighted by atomic mass is 9.94. The average molecular weight is 417 g/mol. The zero-order valence-corrected chi connectivity index (χ0v) is 18.5. The Bertz CT molecular complexity index is 1160. The van der Waals surface area contributed by atoms with Gasteiger partial charge in [-0.3, -0.25) is 9.59 Å². The van der Waals surface area contributed by atoms with E-state index in [1.54, 1.807) is 0 Å². The third kappa shape index (κ3) is 4.00. The van der Waals surface area contributed by atoms with Gasteiger partial charge in [0.05, 0.1) is 12.2 Å². The van der Waals surface area contributed by atoms with Crippen molar-refractivity contribution >= 4 is 34.0 Å². The summed E-state index contributed by atoms with van der Waals surface area (Å²) in [6.45, 7) is 8.85. The van der Waals surface area contributed by atoms with Crippen LogP contribution in [0.2, 0.25) is 0 Å². The Morgan fingerprint density at radius 3 is 2.58 bits per heavy atom. The second kappa shape index (κ2) is 8.06. The summed E-state index contributed by atoms with van der Waals surface area (Å²) in [5.74, 6) is 0.475. The number of amides is 2. The first-order valence-electron chi connectivity index (χ1n) is 10.7. The minimum atomic E-state index is -0.432. The van der Waals surface area contributed by atoms with E-state index in [1.807, 2.05) is 87.2 Å². The summed E-state index contributed by atoms with van der Waals surface area (Å²) in [5.41, 5.74) is 2.81. The molecule has 0 atom stereocenters. The van der Waals surface area contributed by atoms with Gasteiger partial charge in [-0.15, -0.1) is 0 Å². The molecule has 0 aromatic heterocycles. The Morgan fingerprint density at radius 2 is 1.84 bits per heavy atom. The lowest BCUT2D eigenvalue weighted by Gasteiger charge is -2.26. The first-order valence-corrected chi connectivity index (χ1v) is 10.7. The Balaban J connectivity index is 1.64. The van der Waals surface area contributed by atoms with Gasteiger partial charge in [-0.05, 0) is 53.9 Å². The Morgan fingerprint density at radius 1 is 1.06 bits per heavy atom. The van der Waals surface area contributed by atoms with E-state index in [9.17, 15) is 9.59 Å². The highest BCUT2D eigenvalue weighted by atomic mass is 16.5. The largest absolute Gasteiger partial charge is 0.493 e. The fourth-order valence-corrected chi connectivity index (χ4v) is 4.05. The molecule has 31 heavy (non-hydrogen) atoms. The normalized spacial score (nSPS) is 13.2. The number of fused-ring (bicyclic) bond motifs is 2. The van der Waals surface area contributed by atoms with Crippen molar-refractivity contribution in [1.29, 1.82) is 0 Å². The third-order valence-electron chi connectivity index (χ3n) is 5.54. The maximum atomic E-state index is 13.3. The van der Waals surface area contributed by atoms with Crippen LogP contribution in [0.4, 0.5) is 11.4 Å². The molecule has 2 amide bonds. The minimum Gasteiger partial charge on any atom is -0.493 e. The number of hydrogen-bond donors (Lipinski definition) is 1. The summed E-state index contributed by atoms with van der Waals surface area (Å²) >= 11 is 0. The maximum absolute atomic E-state index is 13.3. The van der Waals surface area contributed by atoms with E-state index >= 15 is 0 Å². The number of nitrogens with one attached hydrogen (secondary N) is 1. The van der Waals surface area contributed by atoms with E-state index in [4.69, 9.17) is 4.74 Å². The first kappa shape index (κ1) is 20.9. The van der Waals surface area contributed by atoms with Gasteiger partial charge in [0, 0.05) is 23.3 Å². The molecular weight excluding hydrogens is 388 g/mol. The monoisotopic (exact) mass is 416 g/mol. The molecule has 3 aromatic carbocycles. The summed E-state index contributed by atoms with van der Waals surface area (Å²) in [7, 11) is 0. The Labute approximate surface area is 183 Å². The standard InChI is InChI=1S/C26H28N2O3/c1-5-31-22-13-10-17-8-6-7-9-20(17)23(22)24(29)27-19-11-12-21-18(16-19)14-15-28(21)25(30)26(2,3)4/h6-13,16H,5,14-15H2,1-4H3,(H,27,29). The molecule has 4 rings (SSSR count). The molecule has 0 spiro atoms. The van der Waals surface area contributed by atoms with Gasteiger partial charge in [0.1, 0.15) is 5.75 Å². The number of ether oxygens (including phenoxy) is 1. The smallest absolute Gasteiger partial charge is 0.260 e. The van der Waals surface area contributed by atoms with Crippen LogP contribution in [0.25, 0.3) is 10.8 Å². The van der Waals surface area contributed by atoms with Crippen LogP contribution in [0.15, 0.2) is 54.6 Å². The van der Waals surface area contributed by atoms with Crippen molar-refractivity contribution in [1.82, 2.24) is 0 Å². The highest BCUT2D eigenvalue weighted by Crippen LogP contribution is 2.34. The second-order valence-corrected chi connectivity index (χ2v) is 8.85. The molecule has 0 unspecified atom stereocenters. The van der Waals surface area contributed by atoms with Gasteiger partial charge in [-0.25, -0.2) is 0 Å². The quantitative estimate of drug-likeness (QED) is 0.617. The van der Waals surface area contributed by atoms with Gasteiger partial charge in [0.15, 0.2) is 0 Å². The summed E-state index contributed by atoms with van der Waals surface area (Å²) in [6.07, 6.45) is 0.777. The van der Waals surface area contributed by atoms with Crippen LogP contribution in [0.3, 0.4) is 0 Å². The average Bonchev–Trinajstić information content (AvgIpc) is 3.15. The molecule has 1 heterocycles.